The Balaban J connectivity index is 2.89. The van der Waals surface area contributed by atoms with Crippen LogP contribution in [-0.2, 0) is 4.79 Å². The van der Waals surface area contributed by atoms with Gasteiger partial charge >= 0.3 is 0 Å². The zero-order valence-electron chi connectivity index (χ0n) is 5.76. The van der Waals surface area contributed by atoms with Crippen LogP contribution in [0.4, 0.5) is 4.39 Å². The first kappa shape index (κ1) is 7.78. The molecule has 3 nitrogen and oxygen atoms in total. The molecule has 1 rings (SSSR count). The van der Waals surface area contributed by atoms with Crippen molar-refractivity contribution in [1.82, 2.24) is 0 Å². The van der Waals surface area contributed by atoms with Gasteiger partial charge in [0.15, 0.2) is 0 Å². The predicted octanol–water partition coefficient (Wildman–Crippen LogP) is -0.404. The highest BCUT2D eigenvalue weighted by molar-refractivity contribution is 5.85. The van der Waals surface area contributed by atoms with Crippen LogP contribution < -0.4 is 10.8 Å². The Labute approximate surface area is 63.0 Å². The molecule has 0 aliphatic heterocycles. The SMILES string of the molecule is NC1=C(F)CCC(C(=O)[O-])=C1. The molecule has 0 saturated carbocycles. The van der Waals surface area contributed by atoms with Crippen molar-refractivity contribution >= 4 is 5.97 Å². The number of allylic oxidation sites excluding steroid dienone is 2. The van der Waals surface area contributed by atoms with E-state index in [0.29, 0.717) is 0 Å². The molecule has 0 amide bonds. The molecule has 0 spiro atoms. The smallest absolute Gasteiger partial charge is 0.123 e. The molecule has 2 N–H and O–H groups in total. The van der Waals surface area contributed by atoms with Crippen LogP contribution in [0.2, 0.25) is 0 Å². The molecule has 0 unspecified atom stereocenters. The molecule has 1 aliphatic carbocycles. The molecule has 0 heterocycles. The summed E-state index contributed by atoms with van der Waals surface area (Å²) >= 11 is 0. The Hall–Kier alpha value is -1.32. The number of aliphatic carboxylic acids is 1. The summed E-state index contributed by atoms with van der Waals surface area (Å²) in [6.45, 7) is 0. The number of rotatable bonds is 1. The van der Waals surface area contributed by atoms with E-state index in [9.17, 15) is 14.3 Å². The Bertz CT molecular complexity index is 255. The number of carbonyl (C=O) groups excluding carboxylic acids is 1. The Morgan fingerprint density at radius 3 is 2.73 bits per heavy atom. The molecule has 4 heteroatoms. The summed E-state index contributed by atoms with van der Waals surface area (Å²) in [5.74, 6) is -1.73. The van der Waals surface area contributed by atoms with Crippen LogP contribution in [0.25, 0.3) is 0 Å². The summed E-state index contributed by atoms with van der Waals surface area (Å²) in [6.07, 6.45) is 1.33. The van der Waals surface area contributed by atoms with Crippen molar-refractivity contribution in [1.29, 1.82) is 0 Å². The van der Waals surface area contributed by atoms with Gasteiger partial charge in [0.25, 0.3) is 0 Å². The Kier molecular flexibility index (Phi) is 1.94. The highest BCUT2D eigenvalue weighted by Gasteiger charge is 2.10. The van der Waals surface area contributed by atoms with Gasteiger partial charge in [-0.1, -0.05) is 0 Å². The third kappa shape index (κ3) is 1.58. The summed E-state index contributed by atoms with van der Waals surface area (Å²) in [4.78, 5) is 10.2. The molecule has 0 aromatic heterocycles. The maximum absolute atomic E-state index is 12.5. The second-order valence-electron chi connectivity index (χ2n) is 2.32. The molecule has 0 aromatic rings. The summed E-state index contributed by atoms with van der Waals surface area (Å²) in [6, 6.07) is 0. The molecule has 11 heavy (non-hydrogen) atoms. The summed E-state index contributed by atoms with van der Waals surface area (Å²) in [5.41, 5.74) is 5.10. The number of hydrogen-bond donors (Lipinski definition) is 1. The number of carbonyl (C=O) groups is 1. The van der Waals surface area contributed by atoms with Crippen LogP contribution in [0.3, 0.4) is 0 Å². The quantitative estimate of drug-likeness (QED) is 0.561. The summed E-state index contributed by atoms with van der Waals surface area (Å²) in [7, 11) is 0. The number of halogens is 1. The molecule has 0 aromatic carbocycles. The van der Waals surface area contributed by atoms with E-state index < -0.39 is 11.8 Å². The van der Waals surface area contributed by atoms with E-state index in [1.165, 1.54) is 0 Å². The molecular formula is C7H7FNO2-. The van der Waals surface area contributed by atoms with Crippen molar-refractivity contribution in [2.45, 2.75) is 12.8 Å². The molecule has 1 aliphatic rings. The van der Waals surface area contributed by atoms with E-state index >= 15 is 0 Å². The van der Waals surface area contributed by atoms with Crippen LogP contribution in [0.1, 0.15) is 12.8 Å². The second kappa shape index (κ2) is 2.74. The fraction of sp³-hybridized carbons (Fsp3) is 0.286. The average molecular weight is 156 g/mol. The van der Waals surface area contributed by atoms with Gasteiger partial charge in [-0.15, -0.1) is 0 Å². The van der Waals surface area contributed by atoms with Crippen molar-refractivity contribution < 1.29 is 14.3 Å². The van der Waals surface area contributed by atoms with E-state index in [1.807, 2.05) is 0 Å². The van der Waals surface area contributed by atoms with Gasteiger partial charge in [0.1, 0.15) is 5.83 Å². The molecule has 0 radical (unpaired) electrons. The van der Waals surface area contributed by atoms with Crippen molar-refractivity contribution in [2.24, 2.45) is 5.73 Å². The van der Waals surface area contributed by atoms with Gasteiger partial charge in [-0.3, -0.25) is 0 Å². The van der Waals surface area contributed by atoms with Gasteiger partial charge in [0.05, 0.1) is 11.7 Å². The fourth-order valence-corrected chi connectivity index (χ4v) is 0.888. The van der Waals surface area contributed by atoms with Crippen LogP contribution in [0.5, 0.6) is 0 Å². The summed E-state index contributed by atoms with van der Waals surface area (Å²) < 4.78 is 12.5. The first-order chi connectivity index (χ1) is 5.11. The zero-order valence-corrected chi connectivity index (χ0v) is 5.76. The largest absolute Gasteiger partial charge is 0.545 e. The lowest BCUT2D eigenvalue weighted by atomic mass is 10.0. The van der Waals surface area contributed by atoms with Crippen LogP contribution >= 0.6 is 0 Å². The monoisotopic (exact) mass is 156 g/mol. The van der Waals surface area contributed by atoms with Gasteiger partial charge in [0, 0.05) is 6.42 Å². The Morgan fingerprint density at radius 1 is 1.64 bits per heavy atom. The highest BCUT2D eigenvalue weighted by atomic mass is 19.1. The van der Waals surface area contributed by atoms with Gasteiger partial charge in [-0.2, -0.15) is 0 Å². The van der Waals surface area contributed by atoms with Crippen molar-refractivity contribution in [2.75, 3.05) is 0 Å². The average Bonchev–Trinajstić information content (AvgIpc) is 1.94. The minimum Gasteiger partial charge on any atom is -0.545 e. The molecule has 0 fully saturated rings. The van der Waals surface area contributed by atoms with Gasteiger partial charge in [-0.05, 0) is 18.1 Å². The molecule has 0 atom stereocenters. The van der Waals surface area contributed by atoms with Crippen molar-refractivity contribution in [3.63, 3.8) is 0 Å². The molecule has 0 bridgehead atoms. The lowest BCUT2D eigenvalue weighted by Gasteiger charge is -2.13. The second-order valence-corrected chi connectivity index (χ2v) is 2.32. The fourth-order valence-electron chi connectivity index (χ4n) is 0.888. The van der Waals surface area contributed by atoms with Gasteiger partial charge in [0.2, 0.25) is 0 Å². The number of carboxylic acids is 1. The normalized spacial score (nSPS) is 18.1. The van der Waals surface area contributed by atoms with Crippen LogP contribution in [-0.4, -0.2) is 5.97 Å². The van der Waals surface area contributed by atoms with Gasteiger partial charge in [-0.25, -0.2) is 4.39 Å². The maximum Gasteiger partial charge on any atom is 0.123 e. The van der Waals surface area contributed by atoms with E-state index in [-0.39, 0.29) is 24.1 Å². The highest BCUT2D eigenvalue weighted by Crippen LogP contribution is 2.21. The number of hydrogen-bond acceptors (Lipinski definition) is 3. The van der Waals surface area contributed by atoms with Crippen molar-refractivity contribution in [3.8, 4) is 0 Å². The number of carboxylic acid groups (broad SMARTS) is 1. The standard InChI is InChI=1S/C7H8FNO2/c8-5-2-1-4(7(10)11)3-6(5)9/h3H,1-2,9H2,(H,10,11)/p-1. The van der Waals surface area contributed by atoms with E-state index in [1.54, 1.807) is 0 Å². The summed E-state index contributed by atoms with van der Waals surface area (Å²) in [5, 5.41) is 10.2. The van der Waals surface area contributed by atoms with E-state index in [4.69, 9.17) is 5.73 Å². The van der Waals surface area contributed by atoms with E-state index in [0.717, 1.165) is 6.08 Å². The first-order valence-electron chi connectivity index (χ1n) is 3.17. The minimum atomic E-state index is -1.28. The first-order valence-corrected chi connectivity index (χ1v) is 3.17. The Morgan fingerprint density at radius 2 is 2.27 bits per heavy atom. The predicted molar refractivity (Wildman–Crippen MR) is 34.6 cm³/mol. The lowest BCUT2D eigenvalue weighted by Crippen LogP contribution is -2.26. The lowest BCUT2D eigenvalue weighted by molar-refractivity contribution is -0.299. The van der Waals surface area contributed by atoms with Crippen LogP contribution in [0.15, 0.2) is 23.2 Å². The zero-order chi connectivity index (χ0) is 8.43. The minimum absolute atomic E-state index is 0.0592. The van der Waals surface area contributed by atoms with Gasteiger partial charge < -0.3 is 15.6 Å². The third-order valence-electron chi connectivity index (χ3n) is 1.52. The topological polar surface area (TPSA) is 66.2 Å². The maximum atomic E-state index is 12.5. The third-order valence-corrected chi connectivity index (χ3v) is 1.52. The number of nitrogens with two attached hydrogens (primary N) is 1. The molecular weight excluding hydrogens is 149 g/mol. The van der Waals surface area contributed by atoms with Crippen molar-refractivity contribution in [3.05, 3.63) is 23.2 Å². The molecule has 60 valence electrons. The van der Waals surface area contributed by atoms with E-state index in [2.05, 4.69) is 0 Å². The van der Waals surface area contributed by atoms with Crippen LogP contribution in [0, 0.1) is 0 Å². The molecule has 0 saturated heterocycles.